The second-order valence-corrected chi connectivity index (χ2v) is 3.62. The van der Waals surface area contributed by atoms with Gasteiger partial charge in [0.15, 0.2) is 11.6 Å². The van der Waals surface area contributed by atoms with Crippen LogP contribution in [-0.2, 0) is 0 Å². The first kappa shape index (κ1) is 12.9. The number of halogens is 2. The Morgan fingerprint density at radius 2 is 2.05 bits per heavy atom. The second-order valence-electron chi connectivity index (χ2n) is 3.62. The zero-order chi connectivity index (χ0) is 13.8. The van der Waals surface area contributed by atoms with E-state index >= 15 is 0 Å². The van der Waals surface area contributed by atoms with Gasteiger partial charge in [-0.25, -0.2) is 13.8 Å². The summed E-state index contributed by atoms with van der Waals surface area (Å²) in [5.41, 5.74) is -0.107. The van der Waals surface area contributed by atoms with Gasteiger partial charge < -0.3 is 10.1 Å². The smallest absolute Gasteiger partial charge is 0.258 e. The average molecular weight is 264 g/mol. The molecule has 0 atom stereocenters. The molecular formula is C13H10F2N2O2. The third-order valence-electron chi connectivity index (χ3n) is 2.41. The topological polar surface area (TPSA) is 51.2 Å². The normalized spacial score (nSPS) is 10.1. The van der Waals surface area contributed by atoms with E-state index in [1.54, 1.807) is 12.1 Å². The number of amides is 1. The van der Waals surface area contributed by atoms with Crippen molar-refractivity contribution >= 4 is 11.6 Å². The highest BCUT2D eigenvalue weighted by Crippen LogP contribution is 2.21. The number of aromatic nitrogens is 1. The second kappa shape index (κ2) is 5.43. The Morgan fingerprint density at radius 3 is 2.79 bits per heavy atom. The summed E-state index contributed by atoms with van der Waals surface area (Å²) >= 11 is 0. The van der Waals surface area contributed by atoms with Crippen LogP contribution in [-0.4, -0.2) is 18.0 Å². The van der Waals surface area contributed by atoms with Crippen molar-refractivity contribution in [3.8, 4) is 5.88 Å². The summed E-state index contributed by atoms with van der Waals surface area (Å²) in [6.45, 7) is 0. The van der Waals surface area contributed by atoms with Gasteiger partial charge in [-0.15, -0.1) is 0 Å². The summed E-state index contributed by atoms with van der Waals surface area (Å²) < 4.78 is 31.4. The van der Waals surface area contributed by atoms with E-state index in [9.17, 15) is 13.6 Å². The summed E-state index contributed by atoms with van der Waals surface area (Å²) in [5.74, 6) is -2.86. The number of methoxy groups -OCH3 is 1. The summed E-state index contributed by atoms with van der Waals surface area (Å²) in [6, 6.07) is 6.52. The largest absolute Gasteiger partial charge is 0.480 e. The molecule has 0 radical (unpaired) electrons. The van der Waals surface area contributed by atoms with Crippen molar-refractivity contribution in [2.24, 2.45) is 0 Å². The van der Waals surface area contributed by atoms with Crippen LogP contribution in [0.15, 0.2) is 36.5 Å². The first-order chi connectivity index (χ1) is 9.13. The molecule has 1 N–H and O–H groups in total. The number of carbonyl (C=O) groups is 1. The first-order valence-corrected chi connectivity index (χ1v) is 5.38. The lowest BCUT2D eigenvalue weighted by atomic mass is 10.2. The molecule has 1 aromatic heterocycles. The highest BCUT2D eigenvalue weighted by molar-refractivity contribution is 6.05. The fraction of sp³-hybridized carbons (Fsp3) is 0.0769. The van der Waals surface area contributed by atoms with E-state index in [-0.39, 0.29) is 17.1 Å². The van der Waals surface area contributed by atoms with Crippen LogP contribution in [0.4, 0.5) is 14.5 Å². The standard InChI is InChI=1S/C13H10F2N2O2/c1-19-13-10(6-3-7-16-13)17-12(18)8-4-2-5-9(14)11(8)15/h2-7H,1H3,(H,17,18). The van der Waals surface area contributed by atoms with Gasteiger partial charge in [-0.3, -0.25) is 4.79 Å². The van der Waals surface area contributed by atoms with E-state index < -0.39 is 17.5 Å². The van der Waals surface area contributed by atoms with E-state index in [4.69, 9.17) is 4.74 Å². The molecule has 0 unspecified atom stereocenters. The Bertz CT molecular complexity index is 617. The number of anilines is 1. The van der Waals surface area contributed by atoms with E-state index in [0.29, 0.717) is 0 Å². The van der Waals surface area contributed by atoms with Gasteiger partial charge >= 0.3 is 0 Å². The number of pyridine rings is 1. The van der Waals surface area contributed by atoms with Crippen molar-refractivity contribution in [2.75, 3.05) is 12.4 Å². The molecule has 0 spiro atoms. The van der Waals surface area contributed by atoms with Crippen LogP contribution in [0.25, 0.3) is 0 Å². The third kappa shape index (κ3) is 2.67. The summed E-state index contributed by atoms with van der Waals surface area (Å²) in [4.78, 5) is 15.7. The summed E-state index contributed by atoms with van der Waals surface area (Å²) in [7, 11) is 1.39. The number of ether oxygens (including phenoxy) is 1. The molecule has 98 valence electrons. The Morgan fingerprint density at radius 1 is 1.26 bits per heavy atom. The molecule has 0 aliphatic carbocycles. The molecule has 2 aromatic rings. The monoisotopic (exact) mass is 264 g/mol. The van der Waals surface area contributed by atoms with Crippen molar-refractivity contribution in [2.45, 2.75) is 0 Å². The third-order valence-corrected chi connectivity index (χ3v) is 2.41. The van der Waals surface area contributed by atoms with Gasteiger partial charge in [0.1, 0.15) is 5.69 Å². The number of hydrogen-bond donors (Lipinski definition) is 1. The van der Waals surface area contributed by atoms with Crippen LogP contribution in [0.2, 0.25) is 0 Å². The number of nitrogens with one attached hydrogen (secondary N) is 1. The Balaban J connectivity index is 2.28. The molecule has 6 heteroatoms. The minimum absolute atomic E-state index is 0.188. The SMILES string of the molecule is COc1ncccc1NC(=O)c1cccc(F)c1F. The molecule has 0 aliphatic heterocycles. The average Bonchev–Trinajstić information content (AvgIpc) is 2.42. The minimum atomic E-state index is -1.19. The summed E-state index contributed by atoms with van der Waals surface area (Å²) in [5, 5.41) is 2.41. The van der Waals surface area contributed by atoms with Crippen LogP contribution < -0.4 is 10.1 Å². The molecule has 0 saturated heterocycles. The number of rotatable bonds is 3. The van der Waals surface area contributed by atoms with Crippen molar-refractivity contribution in [3.63, 3.8) is 0 Å². The lowest BCUT2D eigenvalue weighted by molar-refractivity contribution is 0.102. The van der Waals surface area contributed by atoms with Crippen LogP contribution in [0, 0.1) is 11.6 Å². The first-order valence-electron chi connectivity index (χ1n) is 5.38. The lowest BCUT2D eigenvalue weighted by Gasteiger charge is -2.09. The van der Waals surface area contributed by atoms with Gasteiger partial charge in [-0.1, -0.05) is 6.07 Å². The molecule has 1 aromatic carbocycles. The predicted molar refractivity (Wildman–Crippen MR) is 65.1 cm³/mol. The molecule has 4 nitrogen and oxygen atoms in total. The van der Waals surface area contributed by atoms with Gasteiger partial charge in [0.05, 0.1) is 12.7 Å². The zero-order valence-electron chi connectivity index (χ0n) is 9.98. The quantitative estimate of drug-likeness (QED) is 0.927. The van der Waals surface area contributed by atoms with Gasteiger partial charge in [-0.2, -0.15) is 0 Å². The molecule has 0 bridgehead atoms. The van der Waals surface area contributed by atoms with E-state index in [2.05, 4.69) is 10.3 Å². The molecule has 0 saturated carbocycles. The van der Waals surface area contributed by atoms with Crippen LogP contribution in [0.3, 0.4) is 0 Å². The van der Waals surface area contributed by atoms with Crippen molar-refractivity contribution in [3.05, 3.63) is 53.7 Å². The molecule has 19 heavy (non-hydrogen) atoms. The Hall–Kier alpha value is -2.50. The van der Waals surface area contributed by atoms with E-state index in [0.717, 1.165) is 6.07 Å². The van der Waals surface area contributed by atoms with Gasteiger partial charge in [0, 0.05) is 6.20 Å². The fourth-order valence-corrected chi connectivity index (χ4v) is 1.52. The van der Waals surface area contributed by atoms with Gasteiger partial charge in [-0.05, 0) is 24.3 Å². The van der Waals surface area contributed by atoms with E-state index in [1.807, 2.05) is 0 Å². The minimum Gasteiger partial charge on any atom is -0.480 e. The van der Waals surface area contributed by atoms with Gasteiger partial charge in [0.2, 0.25) is 5.88 Å². The predicted octanol–water partition coefficient (Wildman–Crippen LogP) is 2.62. The molecule has 0 fully saturated rings. The molecule has 1 heterocycles. The number of benzene rings is 1. The number of carbonyl (C=O) groups excluding carboxylic acids is 1. The van der Waals surface area contributed by atoms with E-state index in [1.165, 1.54) is 25.4 Å². The summed E-state index contributed by atoms with van der Waals surface area (Å²) in [6.07, 6.45) is 1.48. The van der Waals surface area contributed by atoms with Crippen LogP contribution in [0.5, 0.6) is 5.88 Å². The maximum Gasteiger partial charge on any atom is 0.258 e. The maximum atomic E-state index is 13.5. The Kier molecular flexibility index (Phi) is 3.70. The fourth-order valence-electron chi connectivity index (χ4n) is 1.52. The van der Waals surface area contributed by atoms with Crippen molar-refractivity contribution in [1.82, 2.24) is 4.98 Å². The highest BCUT2D eigenvalue weighted by Gasteiger charge is 2.16. The van der Waals surface area contributed by atoms with Crippen molar-refractivity contribution < 1.29 is 18.3 Å². The number of hydrogen-bond acceptors (Lipinski definition) is 3. The maximum absolute atomic E-state index is 13.5. The van der Waals surface area contributed by atoms with Crippen LogP contribution in [0.1, 0.15) is 10.4 Å². The Labute approximate surface area is 108 Å². The van der Waals surface area contributed by atoms with Crippen molar-refractivity contribution in [1.29, 1.82) is 0 Å². The van der Waals surface area contributed by atoms with Gasteiger partial charge in [0.25, 0.3) is 5.91 Å². The number of nitrogens with zero attached hydrogens (tertiary/aromatic N) is 1. The molecular weight excluding hydrogens is 254 g/mol. The molecule has 0 aliphatic rings. The zero-order valence-corrected chi connectivity index (χ0v) is 9.98. The van der Waals surface area contributed by atoms with Crippen LogP contribution >= 0.6 is 0 Å². The highest BCUT2D eigenvalue weighted by atomic mass is 19.2. The molecule has 1 amide bonds. The molecule has 2 rings (SSSR count). The lowest BCUT2D eigenvalue weighted by Crippen LogP contribution is -2.15.